The van der Waals surface area contributed by atoms with Crippen LogP contribution in [0.25, 0.3) is 0 Å². The number of nitrogens with one attached hydrogen (secondary N) is 1. The molecule has 1 atom stereocenters. The Morgan fingerprint density at radius 3 is 2.43 bits per heavy atom. The SMILES string of the molecule is CCC(C)c1ccc(S(=O)(=O)Nc2cccc(Cl)n2)cc1. The van der Waals surface area contributed by atoms with Gasteiger partial charge in [-0.05, 0) is 42.2 Å². The highest BCUT2D eigenvalue weighted by atomic mass is 35.5. The van der Waals surface area contributed by atoms with Crippen LogP contribution in [0.4, 0.5) is 5.82 Å². The molecule has 1 heterocycles. The minimum absolute atomic E-state index is 0.202. The van der Waals surface area contributed by atoms with Crippen molar-refractivity contribution in [3.8, 4) is 0 Å². The molecule has 0 saturated heterocycles. The van der Waals surface area contributed by atoms with Crippen LogP contribution in [-0.2, 0) is 10.0 Å². The number of rotatable bonds is 5. The molecule has 4 nitrogen and oxygen atoms in total. The zero-order chi connectivity index (χ0) is 15.5. The van der Waals surface area contributed by atoms with Crippen molar-refractivity contribution < 1.29 is 8.42 Å². The molecule has 0 amide bonds. The van der Waals surface area contributed by atoms with E-state index >= 15 is 0 Å². The molecule has 0 radical (unpaired) electrons. The van der Waals surface area contributed by atoms with Crippen LogP contribution in [0.3, 0.4) is 0 Å². The summed E-state index contributed by atoms with van der Waals surface area (Å²) in [6.07, 6.45) is 1.01. The molecule has 1 unspecified atom stereocenters. The maximum absolute atomic E-state index is 12.3. The number of sulfonamides is 1. The molecular weight excluding hydrogens is 308 g/mol. The van der Waals surface area contributed by atoms with Crippen LogP contribution in [0.2, 0.25) is 5.15 Å². The topological polar surface area (TPSA) is 59.1 Å². The molecule has 1 aromatic carbocycles. The molecule has 0 saturated carbocycles. The van der Waals surface area contributed by atoms with Gasteiger partial charge < -0.3 is 0 Å². The largest absolute Gasteiger partial charge is 0.263 e. The highest BCUT2D eigenvalue weighted by Crippen LogP contribution is 2.21. The summed E-state index contributed by atoms with van der Waals surface area (Å²) in [5.41, 5.74) is 1.12. The van der Waals surface area contributed by atoms with Crippen molar-refractivity contribution in [1.29, 1.82) is 0 Å². The Hall–Kier alpha value is -1.59. The van der Waals surface area contributed by atoms with Crippen LogP contribution in [0, 0.1) is 0 Å². The average Bonchev–Trinajstić information content (AvgIpc) is 2.46. The smallest absolute Gasteiger partial charge is 0.263 e. The van der Waals surface area contributed by atoms with Crippen molar-refractivity contribution in [3.63, 3.8) is 0 Å². The molecular formula is C15H17ClN2O2S. The summed E-state index contributed by atoms with van der Waals surface area (Å²) in [7, 11) is -3.65. The molecule has 112 valence electrons. The van der Waals surface area contributed by atoms with Gasteiger partial charge in [-0.1, -0.05) is 43.6 Å². The van der Waals surface area contributed by atoms with E-state index in [2.05, 4.69) is 23.6 Å². The van der Waals surface area contributed by atoms with E-state index in [9.17, 15) is 8.42 Å². The first-order chi connectivity index (χ1) is 9.92. The fourth-order valence-corrected chi connectivity index (χ4v) is 3.04. The third-order valence-corrected chi connectivity index (χ3v) is 4.91. The van der Waals surface area contributed by atoms with E-state index in [1.54, 1.807) is 30.3 Å². The lowest BCUT2D eigenvalue weighted by atomic mass is 9.99. The molecule has 1 aromatic heterocycles. The van der Waals surface area contributed by atoms with Gasteiger partial charge in [-0.15, -0.1) is 0 Å². The fourth-order valence-electron chi connectivity index (χ4n) is 1.87. The van der Waals surface area contributed by atoms with Gasteiger partial charge in [0.15, 0.2) is 0 Å². The summed E-state index contributed by atoms with van der Waals surface area (Å²) in [5, 5.41) is 0.238. The Morgan fingerprint density at radius 2 is 1.86 bits per heavy atom. The number of anilines is 1. The van der Waals surface area contributed by atoms with Crippen LogP contribution >= 0.6 is 11.6 Å². The van der Waals surface area contributed by atoms with E-state index in [1.807, 2.05) is 12.1 Å². The molecule has 0 aliphatic heterocycles. The highest BCUT2D eigenvalue weighted by Gasteiger charge is 2.15. The van der Waals surface area contributed by atoms with Crippen molar-refractivity contribution >= 4 is 27.4 Å². The second kappa shape index (κ2) is 6.45. The van der Waals surface area contributed by atoms with Crippen LogP contribution in [0.1, 0.15) is 31.7 Å². The van der Waals surface area contributed by atoms with Gasteiger partial charge in [0.05, 0.1) is 4.90 Å². The summed E-state index contributed by atoms with van der Waals surface area (Å²) in [6.45, 7) is 4.21. The Morgan fingerprint density at radius 1 is 1.19 bits per heavy atom. The van der Waals surface area contributed by atoms with Crippen molar-refractivity contribution in [2.24, 2.45) is 0 Å². The zero-order valence-electron chi connectivity index (χ0n) is 11.9. The lowest BCUT2D eigenvalue weighted by Crippen LogP contribution is -2.14. The van der Waals surface area contributed by atoms with Crippen molar-refractivity contribution in [1.82, 2.24) is 4.98 Å². The molecule has 0 aliphatic carbocycles. The van der Waals surface area contributed by atoms with Crippen LogP contribution < -0.4 is 4.72 Å². The molecule has 0 fully saturated rings. The number of aromatic nitrogens is 1. The Labute approximate surface area is 130 Å². The predicted molar refractivity (Wildman–Crippen MR) is 85.2 cm³/mol. The number of benzene rings is 1. The Balaban J connectivity index is 2.23. The zero-order valence-corrected chi connectivity index (χ0v) is 13.4. The van der Waals surface area contributed by atoms with Crippen LogP contribution in [0.15, 0.2) is 47.4 Å². The molecule has 0 spiro atoms. The van der Waals surface area contributed by atoms with Gasteiger partial charge in [0.25, 0.3) is 10.0 Å². The van der Waals surface area contributed by atoms with Gasteiger partial charge in [-0.3, -0.25) is 4.72 Å². The first-order valence-corrected chi connectivity index (χ1v) is 8.54. The summed E-state index contributed by atoms with van der Waals surface area (Å²) in [4.78, 5) is 4.12. The molecule has 0 aliphatic rings. The summed E-state index contributed by atoms with van der Waals surface area (Å²) >= 11 is 5.75. The minimum atomic E-state index is -3.65. The maximum atomic E-state index is 12.3. The van der Waals surface area contributed by atoms with Gasteiger partial charge in [0.1, 0.15) is 11.0 Å². The van der Waals surface area contributed by atoms with E-state index in [0.717, 1.165) is 12.0 Å². The number of hydrogen-bond donors (Lipinski definition) is 1. The quantitative estimate of drug-likeness (QED) is 0.844. The minimum Gasteiger partial charge on any atom is -0.263 e. The van der Waals surface area contributed by atoms with E-state index in [1.165, 1.54) is 0 Å². The Bertz CT molecular complexity index is 715. The number of pyridine rings is 1. The van der Waals surface area contributed by atoms with Gasteiger partial charge >= 0.3 is 0 Å². The Kier molecular flexibility index (Phi) is 4.85. The third-order valence-electron chi connectivity index (χ3n) is 3.33. The second-order valence-electron chi connectivity index (χ2n) is 4.83. The first-order valence-electron chi connectivity index (χ1n) is 6.67. The summed E-state index contributed by atoms with van der Waals surface area (Å²) < 4.78 is 27.0. The van der Waals surface area contributed by atoms with E-state index < -0.39 is 10.0 Å². The lowest BCUT2D eigenvalue weighted by molar-refractivity contribution is 0.601. The van der Waals surface area contributed by atoms with E-state index in [4.69, 9.17) is 11.6 Å². The molecule has 1 N–H and O–H groups in total. The van der Waals surface area contributed by atoms with Crippen LogP contribution in [-0.4, -0.2) is 13.4 Å². The number of nitrogens with zero attached hydrogens (tertiary/aromatic N) is 1. The summed E-state index contributed by atoms with van der Waals surface area (Å²) in [5.74, 6) is 0.609. The third kappa shape index (κ3) is 3.95. The molecule has 0 bridgehead atoms. The van der Waals surface area contributed by atoms with Crippen molar-refractivity contribution in [2.45, 2.75) is 31.1 Å². The van der Waals surface area contributed by atoms with Gasteiger partial charge in [0.2, 0.25) is 0 Å². The fraction of sp³-hybridized carbons (Fsp3) is 0.267. The molecule has 6 heteroatoms. The normalized spacial score (nSPS) is 12.9. The first kappa shape index (κ1) is 15.8. The van der Waals surface area contributed by atoms with E-state index in [-0.39, 0.29) is 15.9 Å². The predicted octanol–water partition coefficient (Wildman–Crippen LogP) is 4.05. The van der Waals surface area contributed by atoms with Gasteiger partial charge in [-0.25, -0.2) is 13.4 Å². The van der Waals surface area contributed by atoms with Crippen LogP contribution in [0.5, 0.6) is 0 Å². The maximum Gasteiger partial charge on any atom is 0.263 e. The van der Waals surface area contributed by atoms with Gasteiger partial charge in [0, 0.05) is 0 Å². The second-order valence-corrected chi connectivity index (χ2v) is 6.90. The standard InChI is InChI=1S/C15H17ClN2O2S/c1-3-11(2)12-7-9-13(10-8-12)21(19,20)18-15-6-4-5-14(16)17-15/h4-11H,3H2,1-2H3,(H,17,18). The monoisotopic (exact) mass is 324 g/mol. The lowest BCUT2D eigenvalue weighted by Gasteiger charge is -2.11. The molecule has 2 aromatic rings. The molecule has 2 rings (SSSR count). The summed E-state index contributed by atoms with van der Waals surface area (Å²) in [6, 6.07) is 11.7. The average molecular weight is 325 g/mol. The number of halogens is 1. The van der Waals surface area contributed by atoms with E-state index in [0.29, 0.717) is 5.92 Å². The van der Waals surface area contributed by atoms with Crippen molar-refractivity contribution in [2.75, 3.05) is 4.72 Å². The van der Waals surface area contributed by atoms with Crippen molar-refractivity contribution in [3.05, 3.63) is 53.2 Å². The molecule has 21 heavy (non-hydrogen) atoms. The van der Waals surface area contributed by atoms with Gasteiger partial charge in [-0.2, -0.15) is 0 Å². The highest BCUT2D eigenvalue weighted by molar-refractivity contribution is 7.92. The number of hydrogen-bond acceptors (Lipinski definition) is 3.